The minimum absolute atomic E-state index is 0.0356. The largest absolute Gasteiger partial charge is 0.395 e. The summed E-state index contributed by atoms with van der Waals surface area (Å²) in [6, 6.07) is 0. The van der Waals surface area contributed by atoms with E-state index in [9.17, 15) is 20.4 Å². The van der Waals surface area contributed by atoms with Crippen molar-refractivity contribution in [3.8, 4) is 0 Å². The molecule has 4 saturated carbocycles. The number of rotatable bonds is 9. The lowest BCUT2D eigenvalue weighted by Crippen LogP contribution is -2.58. The number of aliphatic hydroxyl groups excluding tert-OH is 4. The monoisotopic (exact) mass is 465 g/mol. The summed E-state index contributed by atoms with van der Waals surface area (Å²) in [4.78, 5) is 2.16. The van der Waals surface area contributed by atoms with Gasteiger partial charge in [0.15, 0.2) is 0 Å². The molecule has 0 aromatic rings. The zero-order valence-electron chi connectivity index (χ0n) is 21.5. The summed E-state index contributed by atoms with van der Waals surface area (Å²) < 4.78 is 0. The van der Waals surface area contributed by atoms with Crippen LogP contribution < -0.4 is 0 Å². The minimum atomic E-state index is -0.207. The third-order valence-electron chi connectivity index (χ3n) is 11.5. The fourth-order valence-corrected chi connectivity index (χ4v) is 9.62. The maximum atomic E-state index is 11.7. The fraction of sp³-hybridized carbons (Fsp3) is 1.00. The molecule has 0 heterocycles. The molecular weight excluding hydrogens is 414 g/mol. The van der Waals surface area contributed by atoms with E-state index in [0.29, 0.717) is 48.1 Å². The highest BCUT2D eigenvalue weighted by atomic mass is 16.3. The van der Waals surface area contributed by atoms with Crippen LogP contribution >= 0.6 is 0 Å². The van der Waals surface area contributed by atoms with Gasteiger partial charge in [0.25, 0.3) is 0 Å². The van der Waals surface area contributed by atoms with Crippen LogP contribution in [0.4, 0.5) is 0 Å². The summed E-state index contributed by atoms with van der Waals surface area (Å²) in [6.07, 6.45) is 11.0. The molecule has 4 N–H and O–H groups in total. The quantitative estimate of drug-likeness (QED) is 0.417. The number of aliphatic hydroxyl groups is 4. The van der Waals surface area contributed by atoms with E-state index < -0.39 is 0 Å². The Bertz CT molecular complexity index is 639. The van der Waals surface area contributed by atoms with E-state index in [1.807, 2.05) is 0 Å². The van der Waals surface area contributed by atoms with Gasteiger partial charge in [0.05, 0.1) is 25.4 Å². The Labute approximate surface area is 202 Å². The van der Waals surface area contributed by atoms with Crippen molar-refractivity contribution >= 4 is 0 Å². The van der Waals surface area contributed by atoms with Crippen molar-refractivity contribution in [2.24, 2.45) is 46.3 Å². The molecule has 0 amide bonds. The molecule has 0 spiro atoms. The number of hydrogen-bond donors (Lipinski definition) is 4. The zero-order chi connectivity index (χ0) is 23.8. The topological polar surface area (TPSA) is 84.2 Å². The van der Waals surface area contributed by atoms with Crippen molar-refractivity contribution in [2.75, 3.05) is 32.8 Å². The molecule has 192 valence electrons. The van der Waals surface area contributed by atoms with Crippen LogP contribution in [-0.2, 0) is 0 Å². The van der Waals surface area contributed by atoms with Crippen molar-refractivity contribution in [1.29, 1.82) is 0 Å². The average Bonchev–Trinajstić information content (AvgIpc) is 3.14. The summed E-state index contributed by atoms with van der Waals surface area (Å²) in [5.41, 5.74) is 0.338. The molecule has 4 fully saturated rings. The molecule has 0 radical (unpaired) electrons. The fourth-order valence-electron chi connectivity index (χ4n) is 9.62. The van der Waals surface area contributed by atoms with Crippen LogP contribution in [0.1, 0.15) is 85.0 Å². The third-order valence-corrected chi connectivity index (χ3v) is 11.5. The SMILES string of the molecule is C[C@H](CCCN(CCO)CCO)[C@H]1CC[C@H]2[C@@H]3CC[C@@H]4C[C@H](O)CC[C@]4(C)[C@H]3C[C@H](O)[C@]12C. The van der Waals surface area contributed by atoms with Gasteiger partial charge >= 0.3 is 0 Å². The standard InChI is InChI=1S/C28H51NO4/c1-19(5-4-12-29(13-15-30)14-16-31)23-8-9-24-22-7-6-20-17-21(32)10-11-27(20,2)25(22)18-26(33)28(23,24)3/h19-26,30-33H,4-18H2,1-3H3/t19-,20-,21-,22+,23-,24+,25+,26+,27+,28-/m1/s1. The second-order valence-corrected chi connectivity index (χ2v) is 12.8. The van der Waals surface area contributed by atoms with Crippen molar-refractivity contribution in [2.45, 2.75) is 97.2 Å². The minimum Gasteiger partial charge on any atom is -0.395 e. The van der Waals surface area contributed by atoms with Crippen LogP contribution in [0.15, 0.2) is 0 Å². The highest BCUT2D eigenvalue weighted by Crippen LogP contribution is 2.68. The van der Waals surface area contributed by atoms with Crippen molar-refractivity contribution in [3.05, 3.63) is 0 Å². The first-order valence-corrected chi connectivity index (χ1v) is 14.1. The number of nitrogens with zero attached hydrogens (tertiary/aromatic N) is 1. The number of hydrogen-bond acceptors (Lipinski definition) is 5. The molecule has 0 aliphatic heterocycles. The van der Waals surface area contributed by atoms with Gasteiger partial charge in [0, 0.05) is 13.1 Å². The van der Waals surface area contributed by atoms with Gasteiger partial charge in [-0.25, -0.2) is 0 Å². The second-order valence-electron chi connectivity index (χ2n) is 12.8. The highest BCUT2D eigenvalue weighted by Gasteiger charge is 2.63. The Hall–Kier alpha value is -0.200. The Morgan fingerprint density at radius 3 is 2.30 bits per heavy atom. The molecular formula is C28H51NO4. The predicted molar refractivity (Wildman–Crippen MR) is 132 cm³/mol. The van der Waals surface area contributed by atoms with E-state index in [1.54, 1.807) is 0 Å². The van der Waals surface area contributed by atoms with Crippen LogP contribution in [0.2, 0.25) is 0 Å². The van der Waals surface area contributed by atoms with E-state index in [4.69, 9.17) is 0 Å². The smallest absolute Gasteiger partial charge is 0.0602 e. The maximum absolute atomic E-state index is 11.7. The summed E-state index contributed by atoms with van der Waals surface area (Å²) in [5, 5.41) is 40.5. The van der Waals surface area contributed by atoms with E-state index in [0.717, 1.165) is 51.0 Å². The lowest BCUT2D eigenvalue weighted by molar-refractivity contribution is -0.174. The van der Waals surface area contributed by atoms with Crippen LogP contribution in [0.25, 0.3) is 0 Å². The molecule has 33 heavy (non-hydrogen) atoms. The molecule has 0 aromatic carbocycles. The predicted octanol–water partition coefficient (Wildman–Crippen LogP) is 3.68. The number of fused-ring (bicyclic) bond motifs is 5. The van der Waals surface area contributed by atoms with E-state index in [-0.39, 0.29) is 30.8 Å². The van der Waals surface area contributed by atoms with Gasteiger partial charge in [-0.1, -0.05) is 20.8 Å². The van der Waals surface area contributed by atoms with Crippen molar-refractivity contribution in [3.63, 3.8) is 0 Å². The van der Waals surface area contributed by atoms with Crippen LogP contribution in [-0.4, -0.2) is 70.4 Å². The first-order valence-electron chi connectivity index (χ1n) is 14.1. The lowest BCUT2D eigenvalue weighted by Gasteiger charge is -2.62. The Kier molecular flexibility index (Phi) is 8.17. The molecule has 0 aromatic heterocycles. The van der Waals surface area contributed by atoms with Gasteiger partial charge in [0.2, 0.25) is 0 Å². The molecule has 4 aliphatic rings. The first kappa shape index (κ1) is 25.9. The Morgan fingerprint density at radius 1 is 0.879 bits per heavy atom. The van der Waals surface area contributed by atoms with E-state index in [1.165, 1.54) is 25.7 Å². The summed E-state index contributed by atoms with van der Waals surface area (Å²) >= 11 is 0. The van der Waals surface area contributed by atoms with E-state index >= 15 is 0 Å². The Morgan fingerprint density at radius 2 is 1.61 bits per heavy atom. The maximum Gasteiger partial charge on any atom is 0.0602 e. The third kappa shape index (κ3) is 4.67. The zero-order valence-corrected chi connectivity index (χ0v) is 21.5. The Balaban J connectivity index is 1.42. The lowest BCUT2D eigenvalue weighted by atomic mass is 9.43. The molecule has 5 nitrogen and oxygen atoms in total. The second kappa shape index (κ2) is 10.4. The van der Waals surface area contributed by atoms with Crippen LogP contribution in [0.3, 0.4) is 0 Å². The summed E-state index contributed by atoms with van der Waals surface area (Å²) in [5.74, 6) is 3.82. The normalized spacial score (nSPS) is 46.0. The van der Waals surface area contributed by atoms with Gasteiger partial charge < -0.3 is 20.4 Å². The van der Waals surface area contributed by atoms with Crippen LogP contribution in [0.5, 0.6) is 0 Å². The van der Waals surface area contributed by atoms with Gasteiger partial charge in [-0.3, -0.25) is 4.90 Å². The molecule has 10 atom stereocenters. The molecule has 4 aliphatic carbocycles. The van der Waals surface area contributed by atoms with Gasteiger partial charge in [-0.05, 0) is 117 Å². The summed E-state index contributed by atoms with van der Waals surface area (Å²) in [7, 11) is 0. The van der Waals surface area contributed by atoms with E-state index in [2.05, 4.69) is 25.7 Å². The molecule has 5 heteroatoms. The first-order chi connectivity index (χ1) is 15.8. The van der Waals surface area contributed by atoms with Crippen LogP contribution in [0, 0.1) is 46.3 Å². The summed E-state index contributed by atoms with van der Waals surface area (Å²) in [6.45, 7) is 9.81. The molecule has 4 rings (SSSR count). The average molecular weight is 466 g/mol. The molecule has 0 bridgehead atoms. The van der Waals surface area contributed by atoms with Gasteiger partial charge in [0.1, 0.15) is 0 Å². The molecule has 0 saturated heterocycles. The highest BCUT2D eigenvalue weighted by molar-refractivity contribution is 5.12. The van der Waals surface area contributed by atoms with Gasteiger partial charge in [-0.2, -0.15) is 0 Å². The van der Waals surface area contributed by atoms with Gasteiger partial charge in [-0.15, -0.1) is 0 Å². The molecule has 0 unspecified atom stereocenters. The van der Waals surface area contributed by atoms with Crippen molar-refractivity contribution in [1.82, 2.24) is 4.90 Å². The van der Waals surface area contributed by atoms with Crippen molar-refractivity contribution < 1.29 is 20.4 Å².